The molecule has 0 saturated carbocycles. The molecule has 1 rings (SSSR count). The van der Waals surface area contributed by atoms with Gasteiger partial charge in [-0.1, -0.05) is 0 Å². The smallest absolute Gasteiger partial charge is 0.0793 e. The summed E-state index contributed by atoms with van der Waals surface area (Å²) in [4.78, 5) is 0. The molecule has 0 aromatic carbocycles. The third-order valence-corrected chi connectivity index (χ3v) is 3.03. The van der Waals surface area contributed by atoms with Gasteiger partial charge in [0.15, 0.2) is 0 Å². The lowest BCUT2D eigenvalue weighted by Gasteiger charge is -2.25. The van der Waals surface area contributed by atoms with Gasteiger partial charge in [0.1, 0.15) is 0 Å². The van der Waals surface area contributed by atoms with E-state index in [0.717, 1.165) is 18.5 Å². The molecule has 0 saturated heterocycles. The first kappa shape index (κ1) is 13.2. The Balaban J connectivity index is 2.56. The molecule has 0 aliphatic rings. The average Bonchev–Trinajstić information content (AvgIpc) is 2.66. The summed E-state index contributed by atoms with van der Waals surface area (Å²) in [6.45, 7) is 4.22. The van der Waals surface area contributed by atoms with Gasteiger partial charge in [0, 0.05) is 20.4 Å². The van der Waals surface area contributed by atoms with Crippen molar-refractivity contribution in [1.29, 1.82) is 0 Å². The summed E-state index contributed by atoms with van der Waals surface area (Å²) in [6, 6.07) is 2.36. The van der Waals surface area contributed by atoms with Crippen molar-refractivity contribution in [3.8, 4) is 0 Å². The van der Waals surface area contributed by atoms with Gasteiger partial charge >= 0.3 is 0 Å². The fourth-order valence-electron chi connectivity index (χ4n) is 1.65. The predicted octanol–water partition coefficient (Wildman–Crippen LogP) is 1.89. The van der Waals surface area contributed by atoms with E-state index in [0.29, 0.717) is 6.04 Å². The summed E-state index contributed by atoms with van der Waals surface area (Å²) in [5, 5.41) is 7.72. The number of rotatable bonds is 6. The second-order valence-corrected chi connectivity index (χ2v) is 4.76. The van der Waals surface area contributed by atoms with E-state index >= 15 is 0 Å². The minimum absolute atomic E-state index is 0.0656. The second-order valence-electron chi connectivity index (χ2n) is 4.76. The van der Waals surface area contributed by atoms with Crippen molar-refractivity contribution >= 4 is 0 Å². The predicted molar refractivity (Wildman–Crippen MR) is 65.3 cm³/mol. The summed E-state index contributed by atoms with van der Waals surface area (Å²) in [5.41, 5.74) is 1.03. The quantitative estimate of drug-likeness (QED) is 0.803. The van der Waals surface area contributed by atoms with Crippen molar-refractivity contribution in [3.05, 3.63) is 18.0 Å². The van der Waals surface area contributed by atoms with Crippen molar-refractivity contribution < 1.29 is 4.74 Å². The Labute approximate surface area is 98.0 Å². The SMILES string of the molecule is CNC(CCC(C)(C)OC)c1ccn(C)n1. The largest absolute Gasteiger partial charge is 0.379 e. The lowest BCUT2D eigenvalue weighted by molar-refractivity contribution is 0.0117. The molecule has 1 atom stereocenters. The zero-order chi connectivity index (χ0) is 12.2. The molecule has 0 aliphatic heterocycles. The molecule has 1 N–H and O–H groups in total. The molecule has 16 heavy (non-hydrogen) atoms. The number of aromatic nitrogens is 2. The van der Waals surface area contributed by atoms with E-state index in [1.165, 1.54) is 0 Å². The van der Waals surface area contributed by atoms with Crippen molar-refractivity contribution in [1.82, 2.24) is 15.1 Å². The van der Waals surface area contributed by atoms with E-state index in [1.54, 1.807) is 7.11 Å². The van der Waals surface area contributed by atoms with Gasteiger partial charge in [-0.2, -0.15) is 5.10 Å². The minimum Gasteiger partial charge on any atom is -0.379 e. The maximum atomic E-state index is 5.42. The van der Waals surface area contributed by atoms with Gasteiger partial charge in [0.25, 0.3) is 0 Å². The molecule has 92 valence electrons. The van der Waals surface area contributed by atoms with E-state index < -0.39 is 0 Å². The van der Waals surface area contributed by atoms with Crippen LogP contribution in [0.2, 0.25) is 0 Å². The number of aryl methyl sites for hydroxylation is 1. The number of ether oxygens (including phenoxy) is 1. The van der Waals surface area contributed by atoms with Crippen LogP contribution in [0.1, 0.15) is 38.4 Å². The van der Waals surface area contributed by atoms with Gasteiger partial charge < -0.3 is 10.1 Å². The highest BCUT2D eigenvalue weighted by atomic mass is 16.5. The van der Waals surface area contributed by atoms with Crippen molar-refractivity contribution in [2.24, 2.45) is 7.05 Å². The zero-order valence-corrected chi connectivity index (χ0v) is 10.9. The van der Waals surface area contributed by atoms with Gasteiger partial charge in [-0.05, 0) is 39.8 Å². The van der Waals surface area contributed by atoms with Crippen LogP contribution in [0.15, 0.2) is 12.3 Å². The van der Waals surface area contributed by atoms with Crippen LogP contribution >= 0.6 is 0 Å². The molecule has 4 heteroatoms. The standard InChI is InChI=1S/C12H23N3O/c1-12(2,16-5)8-6-10(13-3)11-7-9-15(4)14-11/h7,9-10,13H,6,8H2,1-5H3. The maximum absolute atomic E-state index is 5.42. The molecule has 0 bridgehead atoms. The number of hydrogen-bond acceptors (Lipinski definition) is 3. The van der Waals surface area contributed by atoms with E-state index in [2.05, 4.69) is 30.3 Å². The molecule has 0 aliphatic carbocycles. The molecular formula is C12H23N3O. The van der Waals surface area contributed by atoms with E-state index in [4.69, 9.17) is 4.74 Å². The lowest BCUT2D eigenvalue weighted by Crippen LogP contribution is -2.26. The molecule has 0 fully saturated rings. The Morgan fingerprint density at radius 1 is 1.56 bits per heavy atom. The Bertz CT molecular complexity index is 320. The summed E-state index contributed by atoms with van der Waals surface area (Å²) in [7, 11) is 5.67. The molecule has 0 amide bonds. The Hall–Kier alpha value is -0.870. The molecule has 0 spiro atoms. The van der Waals surface area contributed by atoms with E-state index in [9.17, 15) is 0 Å². The molecule has 0 radical (unpaired) electrons. The van der Waals surface area contributed by atoms with E-state index in [-0.39, 0.29) is 5.60 Å². The third-order valence-electron chi connectivity index (χ3n) is 3.03. The van der Waals surface area contributed by atoms with Gasteiger partial charge in [0.2, 0.25) is 0 Å². The molecule has 1 unspecified atom stereocenters. The lowest BCUT2D eigenvalue weighted by atomic mass is 9.97. The van der Waals surface area contributed by atoms with Crippen LogP contribution in [-0.2, 0) is 11.8 Å². The number of nitrogens with one attached hydrogen (secondary N) is 1. The fourth-order valence-corrected chi connectivity index (χ4v) is 1.65. The number of hydrogen-bond donors (Lipinski definition) is 1. The van der Waals surface area contributed by atoms with Gasteiger partial charge in [-0.3, -0.25) is 4.68 Å². The van der Waals surface area contributed by atoms with Crippen molar-refractivity contribution in [2.45, 2.75) is 38.3 Å². The van der Waals surface area contributed by atoms with Crippen molar-refractivity contribution in [3.63, 3.8) is 0 Å². The summed E-state index contributed by atoms with van der Waals surface area (Å²) in [5.74, 6) is 0. The minimum atomic E-state index is -0.0656. The topological polar surface area (TPSA) is 39.1 Å². The molecule has 1 heterocycles. The van der Waals surface area contributed by atoms with Crippen LogP contribution in [0.25, 0.3) is 0 Å². The van der Waals surface area contributed by atoms with Gasteiger partial charge in [-0.25, -0.2) is 0 Å². The van der Waals surface area contributed by atoms with Gasteiger partial charge in [-0.15, -0.1) is 0 Å². The first-order chi connectivity index (χ1) is 7.48. The van der Waals surface area contributed by atoms with Crippen LogP contribution in [0.4, 0.5) is 0 Å². The third kappa shape index (κ3) is 3.61. The molecule has 1 aromatic heterocycles. The van der Waals surface area contributed by atoms with Crippen LogP contribution in [0.3, 0.4) is 0 Å². The van der Waals surface area contributed by atoms with Crippen LogP contribution in [-0.4, -0.2) is 29.5 Å². The zero-order valence-electron chi connectivity index (χ0n) is 10.9. The number of methoxy groups -OCH3 is 1. The summed E-state index contributed by atoms with van der Waals surface area (Å²) < 4.78 is 7.25. The highest BCUT2D eigenvalue weighted by molar-refractivity contribution is 5.05. The van der Waals surface area contributed by atoms with Crippen LogP contribution in [0, 0.1) is 0 Å². The molecule has 1 aromatic rings. The Kier molecular flexibility index (Phi) is 4.50. The number of nitrogens with zero attached hydrogens (tertiary/aromatic N) is 2. The maximum Gasteiger partial charge on any atom is 0.0793 e. The molecule has 4 nitrogen and oxygen atoms in total. The monoisotopic (exact) mass is 225 g/mol. The fraction of sp³-hybridized carbons (Fsp3) is 0.750. The summed E-state index contributed by atoms with van der Waals surface area (Å²) >= 11 is 0. The highest BCUT2D eigenvalue weighted by Crippen LogP contribution is 2.23. The van der Waals surface area contributed by atoms with Gasteiger partial charge in [0.05, 0.1) is 17.3 Å². The first-order valence-electron chi connectivity index (χ1n) is 5.70. The Morgan fingerprint density at radius 3 is 2.69 bits per heavy atom. The van der Waals surface area contributed by atoms with Crippen LogP contribution < -0.4 is 5.32 Å². The summed E-state index contributed by atoms with van der Waals surface area (Å²) in [6.07, 6.45) is 4.00. The van der Waals surface area contributed by atoms with E-state index in [1.807, 2.05) is 25.0 Å². The Morgan fingerprint density at radius 2 is 2.25 bits per heavy atom. The second kappa shape index (κ2) is 5.46. The normalized spacial score (nSPS) is 14.1. The first-order valence-corrected chi connectivity index (χ1v) is 5.70. The average molecular weight is 225 g/mol. The highest BCUT2D eigenvalue weighted by Gasteiger charge is 2.20. The van der Waals surface area contributed by atoms with Crippen LogP contribution in [0.5, 0.6) is 0 Å². The van der Waals surface area contributed by atoms with Crippen molar-refractivity contribution in [2.75, 3.05) is 14.2 Å². The molecular weight excluding hydrogens is 202 g/mol.